The summed E-state index contributed by atoms with van der Waals surface area (Å²) in [4.78, 5) is 17.5. The number of rotatable bonds is 4. The summed E-state index contributed by atoms with van der Waals surface area (Å²) in [6.45, 7) is 1.23. The molecule has 8 heteroatoms. The second-order valence-electron chi connectivity index (χ2n) is 7.08. The van der Waals surface area contributed by atoms with Gasteiger partial charge in [-0.2, -0.15) is 5.10 Å². The van der Waals surface area contributed by atoms with Gasteiger partial charge >= 0.3 is 0 Å². The van der Waals surface area contributed by atoms with Crippen LogP contribution in [-0.2, 0) is 11.8 Å². The smallest absolute Gasteiger partial charge is 0.255 e. The van der Waals surface area contributed by atoms with Crippen molar-refractivity contribution in [1.82, 2.24) is 29.7 Å². The van der Waals surface area contributed by atoms with E-state index in [1.165, 1.54) is 0 Å². The Morgan fingerprint density at radius 3 is 2.86 bits per heavy atom. The zero-order chi connectivity index (χ0) is 19.8. The minimum Gasteiger partial charge on any atom is -0.379 e. The lowest BCUT2D eigenvalue weighted by molar-refractivity contribution is 0.0930. The SMILES string of the molecule is Cn1ncc(C(=O)NC2CCOC2)c1-c1ccn2nc(-c3ccccc3)nc2c1. The van der Waals surface area contributed by atoms with Crippen molar-refractivity contribution in [2.75, 3.05) is 13.2 Å². The van der Waals surface area contributed by atoms with Gasteiger partial charge in [0.25, 0.3) is 5.91 Å². The number of carbonyl (C=O) groups excluding carboxylic acids is 1. The van der Waals surface area contributed by atoms with E-state index in [1.54, 1.807) is 15.4 Å². The quantitative estimate of drug-likeness (QED) is 0.580. The maximum atomic E-state index is 12.8. The lowest BCUT2D eigenvalue weighted by Gasteiger charge is -2.11. The zero-order valence-corrected chi connectivity index (χ0v) is 15.9. The van der Waals surface area contributed by atoms with Gasteiger partial charge in [0.15, 0.2) is 11.5 Å². The molecule has 1 N–H and O–H groups in total. The van der Waals surface area contributed by atoms with Crippen molar-refractivity contribution in [2.45, 2.75) is 12.5 Å². The van der Waals surface area contributed by atoms with Crippen molar-refractivity contribution in [2.24, 2.45) is 7.05 Å². The van der Waals surface area contributed by atoms with Crippen LogP contribution in [0.1, 0.15) is 16.8 Å². The van der Waals surface area contributed by atoms with E-state index in [2.05, 4.69) is 20.5 Å². The average molecular weight is 388 g/mol. The normalized spacial score (nSPS) is 16.4. The number of amides is 1. The Balaban J connectivity index is 1.50. The molecule has 1 aromatic carbocycles. The number of benzene rings is 1. The first kappa shape index (κ1) is 17.6. The standard InChI is InChI=1S/C21H20N6O2/c1-26-19(17(12-22-26)21(28)23-16-8-10-29-13-16)15-7-9-27-18(11-15)24-20(25-27)14-5-3-2-4-6-14/h2-7,9,11-12,16H,8,10,13H2,1H3,(H,23,28). The molecule has 0 radical (unpaired) electrons. The topological polar surface area (TPSA) is 86.3 Å². The Morgan fingerprint density at radius 2 is 2.07 bits per heavy atom. The third-order valence-electron chi connectivity index (χ3n) is 5.09. The van der Waals surface area contributed by atoms with Crippen molar-refractivity contribution in [3.05, 3.63) is 60.4 Å². The first-order chi connectivity index (χ1) is 14.2. The van der Waals surface area contributed by atoms with Gasteiger partial charge in [-0.15, -0.1) is 5.10 Å². The molecule has 0 aliphatic carbocycles. The van der Waals surface area contributed by atoms with E-state index in [9.17, 15) is 4.79 Å². The highest BCUT2D eigenvalue weighted by Crippen LogP contribution is 2.25. The van der Waals surface area contributed by atoms with Crippen LogP contribution in [0.4, 0.5) is 0 Å². The number of aromatic nitrogens is 5. The van der Waals surface area contributed by atoms with E-state index in [1.807, 2.05) is 55.7 Å². The van der Waals surface area contributed by atoms with Gasteiger partial charge in [0, 0.05) is 31.0 Å². The molecule has 1 aliphatic heterocycles. The summed E-state index contributed by atoms with van der Waals surface area (Å²) in [5, 5.41) is 11.9. The summed E-state index contributed by atoms with van der Waals surface area (Å²) < 4.78 is 8.79. The number of fused-ring (bicyclic) bond motifs is 1. The van der Waals surface area contributed by atoms with Gasteiger partial charge in [-0.25, -0.2) is 9.50 Å². The van der Waals surface area contributed by atoms with Crippen LogP contribution in [0.3, 0.4) is 0 Å². The number of pyridine rings is 1. The maximum absolute atomic E-state index is 12.8. The Kier molecular flexibility index (Phi) is 4.33. The number of nitrogens with one attached hydrogen (secondary N) is 1. The van der Waals surface area contributed by atoms with Gasteiger partial charge in [0.1, 0.15) is 0 Å². The lowest BCUT2D eigenvalue weighted by Crippen LogP contribution is -2.35. The van der Waals surface area contributed by atoms with E-state index < -0.39 is 0 Å². The molecular formula is C21H20N6O2. The summed E-state index contributed by atoms with van der Waals surface area (Å²) in [6.07, 6.45) is 4.28. The number of carbonyl (C=O) groups is 1. The summed E-state index contributed by atoms with van der Waals surface area (Å²) in [5.74, 6) is 0.516. The molecule has 8 nitrogen and oxygen atoms in total. The third kappa shape index (κ3) is 3.27. The summed E-state index contributed by atoms with van der Waals surface area (Å²) in [6, 6.07) is 13.7. The maximum Gasteiger partial charge on any atom is 0.255 e. The molecule has 4 heterocycles. The number of hydrogen-bond donors (Lipinski definition) is 1. The monoisotopic (exact) mass is 388 g/mol. The molecular weight excluding hydrogens is 368 g/mol. The first-order valence-electron chi connectivity index (χ1n) is 9.52. The van der Waals surface area contributed by atoms with Crippen LogP contribution in [0.25, 0.3) is 28.3 Å². The summed E-state index contributed by atoms with van der Waals surface area (Å²) >= 11 is 0. The van der Waals surface area contributed by atoms with E-state index in [0.717, 1.165) is 23.2 Å². The lowest BCUT2D eigenvalue weighted by atomic mass is 10.1. The van der Waals surface area contributed by atoms with E-state index >= 15 is 0 Å². The fourth-order valence-corrected chi connectivity index (χ4v) is 3.60. The Bertz CT molecular complexity index is 1170. The first-order valence-corrected chi connectivity index (χ1v) is 9.52. The zero-order valence-electron chi connectivity index (χ0n) is 15.9. The van der Waals surface area contributed by atoms with Crippen LogP contribution in [0.15, 0.2) is 54.9 Å². The van der Waals surface area contributed by atoms with Crippen LogP contribution < -0.4 is 5.32 Å². The van der Waals surface area contributed by atoms with Crippen molar-refractivity contribution >= 4 is 11.6 Å². The number of ether oxygens (including phenoxy) is 1. The van der Waals surface area contributed by atoms with Gasteiger partial charge < -0.3 is 10.1 Å². The van der Waals surface area contributed by atoms with E-state index in [0.29, 0.717) is 30.2 Å². The summed E-state index contributed by atoms with van der Waals surface area (Å²) in [5.41, 5.74) is 3.80. The highest BCUT2D eigenvalue weighted by molar-refractivity contribution is 6.00. The second-order valence-corrected chi connectivity index (χ2v) is 7.08. The second kappa shape index (κ2) is 7.14. The predicted octanol–water partition coefficient (Wildman–Crippen LogP) is 2.32. The van der Waals surface area contributed by atoms with Gasteiger partial charge in [-0.1, -0.05) is 30.3 Å². The predicted molar refractivity (Wildman–Crippen MR) is 107 cm³/mol. The van der Waals surface area contributed by atoms with Gasteiger partial charge in [0.05, 0.1) is 30.1 Å². The minimum absolute atomic E-state index is 0.0444. The summed E-state index contributed by atoms with van der Waals surface area (Å²) in [7, 11) is 1.83. The molecule has 5 rings (SSSR count). The minimum atomic E-state index is -0.144. The molecule has 1 saturated heterocycles. The molecule has 3 aromatic heterocycles. The Hall–Kier alpha value is -3.52. The molecule has 146 valence electrons. The van der Waals surface area contributed by atoms with Gasteiger partial charge in [-0.05, 0) is 18.6 Å². The molecule has 0 saturated carbocycles. The van der Waals surface area contributed by atoms with Gasteiger partial charge in [0.2, 0.25) is 0 Å². The van der Waals surface area contributed by atoms with Crippen LogP contribution >= 0.6 is 0 Å². The van der Waals surface area contributed by atoms with E-state index in [4.69, 9.17) is 4.74 Å². The number of aryl methyl sites for hydroxylation is 1. The highest BCUT2D eigenvalue weighted by Gasteiger charge is 2.23. The van der Waals surface area contributed by atoms with Crippen molar-refractivity contribution in [3.63, 3.8) is 0 Å². The van der Waals surface area contributed by atoms with Crippen LogP contribution in [-0.4, -0.2) is 49.5 Å². The van der Waals surface area contributed by atoms with Crippen molar-refractivity contribution < 1.29 is 9.53 Å². The molecule has 4 aromatic rings. The average Bonchev–Trinajstić information content (AvgIpc) is 3.47. The Labute approximate surface area is 167 Å². The van der Waals surface area contributed by atoms with Crippen LogP contribution in [0.5, 0.6) is 0 Å². The van der Waals surface area contributed by atoms with Crippen LogP contribution in [0, 0.1) is 0 Å². The fraction of sp³-hybridized carbons (Fsp3) is 0.238. The van der Waals surface area contributed by atoms with Gasteiger partial charge in [-0.3, -0.25) is 9.48 Å². The fourth-order valence-electron chi connectivity index (χ4n) is 3.60. The largest absolute Gasteiger partial charge is 0.379 e. The van der Waals surface area contributed by atoms with Crippen LogP contribution in [0.2, 0.25) is 0 Å². The molecule has 1 fully saturated rings. The van der Waals surface area contributed by atoms with Crippen molar-refractivity contribution in [1.29, 1.82) is 0 Å². The third-order valence-corrected chi connectivity index (χ3v) is 5.09. The number of nitrogens with zero attached hydrogens (tertiary/aromatic N) is 5. The molecule has 0 bridgehead atoms. The molecule has 1 amide bonds. The molecule has 29 heavy (non-hydrogen) atoms. The highest BCUT2D eigenvalue weighted by atomic mass is 16.5. The molecule has 1 aliphatic rings. The van der Waals surface area contributed by atoms with E-state index in [-0.39, 0.29) is 11.9 Å². The molecule has 1 unspecified atom stereocenters. The Morgan fingerprint density at radius 1 is 1.21 bits per heavy atom. The number of hydrogen-bond acceptors (Lipinski definition) is 5. The molecule has 1 atom stereocenters. The van der Waals surface area contributed by atoms with Crippen molar-refractivity contribution in [3.8, 4) is 22.6 Å². The molecule has 0 spiro atoms.